The molecule has 0 unspecified atom stereocenters. The molecule has 2 N–H and O–H groups in total. The normalized spacial score (nSPS) is 10.0. The minimum Gasteiger partial charge on any atom is -0.352 e. The van der Waals surface area contributed by atoms with Crippen molar-refractivity contribution in [2.45, 2.75) is 6.92 Å². The van der Waals surface area contributed by atoms with E-state index in [1.807, 2.05) is 6.92 Å². The van der Waals surface area contributed by atoms with Gasteiger partial charge in [-0.2, -0.15) is 0 Å². The van der Waals surface area contributed by atoms with Gasteiger partial charge in [0.2, 0.25) is 0 Å². The molecule has 2 amide bonds. The van der Waals surface area contributed by atoms with Crippen LogP contribution in [0, 0.1) is 0 Å². The first kappa shape index (κ1) is 14.9. The number of nitrogens with zero attached hydrogens (tertiary/aromatic N) is 2. The van der Waals surface area contributed by atoms with Crippen molar-refractivity contribution in [3.8, 4) is 0 Å². The van der Waals surface area contributed by atoms with Gasteiger partial charge in [-0.25, -0.2) is 0 Å². The smallest absolute Gasteiger partial charge is 0.276 e. The Labute approximate surface area is 126 Å². The highest BCUT2D eigenvalue weighted by molar-refractivity contribution is 6.29. The van der Waals surface area contributed by atoms with Crippen LogP contribution in [-0.2, 0) is 0 Å². The largest absolute Gasteiger partial charge is 0.352 e. The Morgan fingerprint density at radius 1 is 1.14 bits per heavy atom. The molecular formula is C14H13ClN4O2. The van der Waals surface area contributed by atoms with Gasteiger partial charge in [0.1, 0.15) is 0 Å². The Bertz CT molecular complexity index is 658. The van der Waals surface area contributed by atoms with Crippen LogP contribution in [0.3, 0.4) is 0 Å². The molecule has 0 aliphatic carbocycles. The molecule has 108 valence electrons. The highest BCUT2D eigenvalue weighted by Gasteiger charge is 2.10. The monoisotopic (exact) mass is 304 g/mol. The summed E-state index contributed by atoms with van der Waals surface area (Å²) in [7, 11) is 0. The fourth-order valence-corrected chi connectivity index (χ4v) is 1.73. The number of aromatic nitrogens is 2. The van der Waals surface area contributed by atoms with Crippen molar-refractivity contribution in [1.29, 1.82) is 0 Å². The summed E-state index contributed by atoms with van der Waals surface area (Å²) >= 11 is 5.61. The number of hydrogen-bond acceptors (Lipinski definition) is 4. The predicted molar refractivity (Wildman–Crippen MR) is 79.4 cm³/mol. The van der Waals surface area contributed by atoms with E-state index in [1.54, 1.807) is 24.3 Å². The second kappa shape index (κ2) is 6.81. The molecule has 2 aromatic rings. The van der Waals surface area contributed by atoms with Gasteiger partial charge < -0.3 is 10.6 Å². The molecule has 0 aliphatic rings. The van der Waals surface area contributed by atoms with E-state index in [1.165, 1.54) is 12.1 Å². The number of benzene rings is 1. The Hall–Kier alpha value is -2.47. The van der Waals surface area contributed by atoms with Crippen LogP contribution in [0.4, 0.5) is 5.69 Å². The third-order valence-corrected chi connectivity index (χ3v) is 2.79. The topological polar surface area (TPSA) is 84.0 Å². The van der Waals surface area contributed by atoms with Gasteiger partial charge in [0.15, 0.2) is 10.8 Å². The summed E-state index contributed by atoms with van der Waals surface area (Å²) in [4.78, 5) is 23.7. The van der Waals surface area contributed by atoms with Crippen molar-refractivity contribution in [2.75, 3.05) is 11.9 Å². The molecule has 0 saturated carbocycles. The van der Waals surface area contributed by atoms with Crippen LogP contribution in [-0.4, -0.2) is 28.6 Å². The molecule has 0 saturated heterocycles. The molecule has 21 heavy (non-hydrogen) atoms. The molecule has 2 rings (SSSR count). The van der Waals surface area contributed by atoms with E-state index >= 15 is 0 Å². The molecule has 0 spiro atoms. The minimum atomic E-state index is -0.424. The Balaban J connectivity index is 2.12. The van der Waals surface area contributed by atoms with Crippen LogP contribution < -0.4 is 10.6 Å². The van der Waals surface area contributed by atoms with Gasteiger partial charge in [0, 0.05) is 17.8 Å². The molecule has 0 fully saturated rings. The first-order valence-corrected chi connectivity index (χ1v) is 6.67. The van der Waals surface area contributed by atoms with Gasteiger partial charge >= 0.3 is 0 Å². The number of nitrogens with one attached hydrogen (secondary N) is 2. The van der Waals surface area contributed by atoms with Gasteiger partial charge in [0.05, 0.1) is 0 Å². The van der Waals surface area contributed by atoms with Gasteiger partial charge in [-0.15, -0.1) is 10.2 Å². The lowest BCUT2D eigenvalue weighted by Gasteiger charge is -2.07. The van der Waals surface area contributed by atoms with Crippen LogP contribution in [0.15, 0.2) is 36.4 Å². The summed E-state index contributed by atoms with van der Waals surface area (Å²) < 4.78 is 0. The minimum absolute atomic E-state index is 0.141. The molecule has 0 radical (unpaired) electrons. The van der Waals surface area contributed by atoms with Crippen LogP contribution in [0.5, 0.6) is 0 Å². The number of rotatable bonds is 4. The SMILES string of the molecule is CCNC(=O)c1cccc(NC(=O)c2ccc(Cl)nn2)c1. The van der Waals surface area contributed by atoms with Crippen LogP contribution in [0.1, 0.15) is 27.8 Å². The fourth-order valence-electron chi connectivity index (χ4n) is 1.63. The number of hydrogen-bond donors (Lipinski definition) is 2. The van der Waals surface area contributed by atoms with E-state index in [-0.39, 0.29) is 16.8 Å². The first-order valence-electron chi connectivity index (χ1n) is 6.29. The maximum absolute atomic E-state index is 12.0. The van der Waals surface area contributed by atoms with E-state index in [4.69, 9.17) is 11.6 Å². The molecule has 0 aliphatic heterocycles. The average molecular weight is 305 g/mol. The molecule has 0 bridgehead atoms. The lowest BCUT2D eigenvalue weighted by atomic mass is 10.2. The number of carbonyl (C=O) groups is 2. The predicted octanol–water partition coefficient (Wildman–Crippen LogP) is 2.13. The number of amides is 2. The van der Waals surface area contributed by atoms with Crippen molar-refractivity contribution >= 4 is 29.1 Å². The summed E-state index contributed by atoms with van der Waals surface area (Å²) in [6.07, 6.45) is 0. The fraction of sp³-hybridized carbons (Fsp3) is 0.143. The lowest BCUT2D eigenvalue weighted by molar-refractivity contribution is 0.0954. The van der Waals surface area contributed by atoms with Gasteiger partial charge in [-0.3, -0.25) is 9.59 Å². The van der Waals surface area contributed by atoms with Crippen LogP contribution in [0.25, 0.3) is 0 Å². The van der Waals surface area contributed by atoms with Gasteiger partial charge in [0.25, 0.3) is 11.8 Å². The van der Waals surface area contributed by atoms with Crippen LogP contribution >= 0.6 is 11.6 Å². The van der Waals surface area contributed by atoms with E-state index in [9.17, 15) is 9.59 Å². The van der Waals surface area contributed by atoms with E-state index in [0.717, 1.165) is 0 Å². The first-order chi connectivity index (χ1) is 10.1. The third kappa shape index (κ3) is 4.00. The highest BCUT2D eigenvalue weighted by Crippen LogP contribution is 2.12. The Morgan fingerprint density at radius 2 is 1.95 bits per heavy atom. The number of anilines is 1. The second-order valence-corrected chi connectivity index (χ2v) is 4.52. The summed E-state index contributed by atoms with van der Waals surface area (Å²) in [5.41, 5.74) is 1.11. The van der Waals surface area contributed by atoms with Gasteiger partial charge in [-0.1, -0.05) is 17.7 Å². The third-order valence-electron chi connectivity index (χ3n) is 2.58. The molecule has 7 heteroatoms. The van der Waals surface area contributed by atoms with Crippen molar-refractivity contribution in [2.24, 2.45) is 0 Å². The zero-order valence-electron chi connectivity index (χ0n) is 11.3. The highest BCUT2D eigenvalue weighted by atomic mass is 35.5. The zero-order chi connectivity index (χ0) is 15.2. The number of carbonyl (C=O) groups excluding carboxylic acids is 2. The summed E-state index contributed by atoms with van der Waals surface area (Å²) in [6.45, 7) is 2.37. The Kier molecular flexibility index (Phi) is 4.84. The van der Waals surface area contributed by atoms with Crippen molar-refractivity contribution < 1.29 is 9.59 Å². The summed E-state index contributed by atoms with van der Waals surface area (Å²) in [6, 6.07) is 9.58. The lowest BCUT2D eigenvalue weighted by Crippen LogP contribution is -2.22. The van der Waals surface area contributed by atoms with Crippen molar-refractivity contribution in [3.63, 3.8) is 0 Å². The summed E-state index contributed by atoms with van der Waals surface area (Å²) in [5.74, 6) is -0.618. The maximum atomic E-state index is 12.0. The molecule has 6 nitrogen and oxygen atoms in total. The van der Waals surface area contributed by atoms with Crippen molar-refractivity contribution in [1.82, 2.24) is 15.5 Å². The van der Waals surface area contributed by atoms with E-state index < -0.39 is 5.91 Å². The standard InChI is InChI=1S/C14H13ClN4O2/c1-2-16-13(20)9-4-3-5-10(8-9)17-14(21)11-6-7-12(15)19-18-11/h3-8H,2H2,1H3,(H,16,20)(H,17,21). The van der Waals surface area contributed by atoms with Crippen molar-refractivity contribution in [3.05, 3.63) is 52.8 Å². The van der Waals surface area contributed by atoms with Gasteiger partial charge in [-0.05, 0) is 37.3 Å². The maximum Gasteiger partial charge on any atom is 0.276 e. The number of halogens is 1. The molecule has 1 aromatic heterocycles. The zero-order valence-corrected chi connectivity index (χ0v) is 12.0. The molecule has 1 aromatic carbocycles. The Morgan fingerprint density at radius 3 is 2.62 bits per heavy atom. The second-order valence-electron chi connectivity index (χ2n) is 4.14. The van der Waals surface area contributed by atoms with E-state index in [0.29, 0.717) is 17.8 Å². The average Bonchev–Trinajstić information content (AvgIpc) is 2.48. The quantitative estimate of drug-likeness (QED) is 0.906. The molecule has 0 atom stereocenters. The molecular weight excluding hydrogens is 292 g/mol. The van der Waals surface area contributed by atoms with E-state index in [2.05, 4.69) is 20.8 Å². The molecule has 1 heterocycles. The summed E-state index contributed by atoms with van der Waals surface area (Å²) in [5, 5.41) is 12.8. The van der Waals surface area contributed by atoms with Crippen LogP contribution in [0.2, 0.25) is 5.15 Å².